The monoisotopic (exact) mass is 860 g/mol. The Morgan fingerprint density at radius 2 is 0.952 bits per heavy atom. The third kappa shape index (κ3) is 12.4. The van der Waals surface area contributed by atoms with Crippen LogP contribution in [0.3, 0.4) is 0 Å². The van der Waals surface area contributed by atoms with Crippen molar-refractivity contribution in [2.75, 3.05) is 5.75 Å². The van der Waals surface area contributed by atoms with E-state index in [1.54, 1.807) is 12.1 Å². The molecule has 11 nitrogen and oxygen atoms in total. The first-order valence-electron chi connectivity index (χ1n) is 18.6. The van der Waals surface area contributed by atoms with Gasteiger partial charge in [0.05, 0.1) is 79.5 Å². The quantitative estimate of drug-likeness (QED) is 0.0669. The van der Waals surface area contributed by atoms with Crippen LogP contribution in [-0.2, 0) is 65.4 Å². The Bertz CT molecular complexity index is 2420. The second kappa shape index (κ2) is 21.6. The van der Waals surface area contributed by atoms with Crippen molar-refractivity contribution in [2.45, 2.75) is 62.8 Å². The number of hydrogen-bond acceptors (Lipinski definition) is 10. The van der Waals surface area contributed by atoms with E-state index in [4.69, 9.17) is 84.8 Å². The molecule has 18 radical (unpaired) electrons. The normalized spacial score (nSPS) is 12.0. The second-order valence-electron chi connectivity index (χ2n) is 13.6. The molecular weight excluding hydrogens is 831 g/mol. The Balaban J connectivity index is 2.07. The van der Waals surface area contributed by atoms with Crippen LogP contribution in [0.4, 0.5) is 13.2 Å². The fourth-order valence-electron chi connectivity index (χ4n) is 6.36. The van der Waals surface area contributed by atoms with E-state index < -0.39 is 74.8 Å². The molecule has 0 fully saturated rings. The number of alkyl halides is 3. The predicted octanol–water partition coefficient (Wildman–Crippen LogP) is 1.46. The maximum absolute atomic E-state index is 14.2. The summed E-state index contributed by atoms with van der Waals surface area (Å²) in [5.41, 5.74) is 0.0822. The molecule has 4 aromatic rings. The molecule has 0 spiro atoms. The molecule has 0 bridgehead atoms. The largest absolute Gasteiger partial charge is 0.448 e. The molecular formula is C39H28B9F3O11S. The van der Waals surface area contributed by atoms with E-state index >= 15 is 0 Å². The molecule has 1 N–H and O–H groups in total. The lowest BCUT2D eigenvalue weighted by Crippen LogP contribution is -2.39. The summed E-state index contributed by atoms with van der Waals surface area (Å²) in [5, 5.41) is 0. The Kier molecular flexibility index (Phi) is 17.4. The lowest BCUT2D eigenvalue weighted by Gasteiger charge is -2.22. The maximum atomic E-state index is 14.2. The molecule has 0 saturated carbocycles. The molecule has 4 rings (SSSR count). The fraction of sp³-hybridized carbons (Fsp3) is 0.282. The van der Waals surface area contributed by atoms with Crippen molar-refractivity contribution in [1.29, 1.82) is 0 Å². The van der Waals surface area contributed by atoms with E-state index in [1.165, 1.54) is 24.3 Å². The van der Waals surface area contributed by atoms with Crippen LogP contribution in [0, 0.1) is 0 Å². The predicted molar refractivity (Wildman–Crippen MR) is 233 cm³/mol. The molecule has 24 heteroatoms. The number of carbonyl (C=O) groups excluding carboxylic acids is 4. The van der Waals surface area contributed by atoms with Gasteiger partial charge in [0.2, 0.25) is 6.10 Å². The highest BCUT2D eigenvalue weighted by atomic mass is 32.2. The number of ether oxygens (including phenoxy) is 4. The van der Waals surface area contributed by atoms with Gasteiger partial charge in [0.25, 0.3) is 10.1 Å². The van der Waals surface area contributed by atoms with E-state index in [9.17, 15) is 45.3 Å². The molecule has 0 amide bonds. The summed E-state index contributed by atoms with van der Waals surface area (Å²) in [4.78, 5) is 56.1. The molecule has 0 aliphatic carbocycles. The summed E-state index contributed by atoms with van der Waals surface area (Å²) in [6, 6.07) is 9.76. The van der Waals surface area contributed by atoms with Crippen molar-refractivity contribution in [2.24, 2.45) is 0 Å². The smallest absolute Gasteiger partial charge is 0.426 e. The van der Waals surface area contributed by atoms with Gasteiger partial charge in [0.15, 0.2) is 11.5 Å². The lowest BCUT2D eigenvalue weighted by molar-refractivity contribution is -0.197. The highest BCUT2D eigenvalue weighted by molar-refractivity contribution is 7.85. The van der Waals surface area contributed by atoms with Crippen LogP contribution in [0.1, 0.15) is 85.9 Å². The summed E-state index contributed by atoms with van der Waals surface area (Å²) >= 11 is 0. The van der Waals surface area contributed by atoms with Gasteiger partial charge in [-0.3, -0.25) is 4.55 Å². The molecule has 0 saturated heterocycles. The lowest BCUT2D eigenvalue weighted by atomic mass is 9.78. The van der Waals surface area contributed by atoms with Gasteiger partial charge in [0.1, 0.15) is 24.9 Å². The third-order valence-corrected chi connectivity index (χ3v) is 10.1. The average molecular weight is 859 g/mol. The van der Waals surface area contributed by atoms with Crippen molar-refractivity contribution >= 4 is 110 Å². The Hall–Kier alpha value is -4.96. The van der Waals surface area contributed by atoms with Gasteiger partial charge >= 0.3 is 30.1 Å². The van der Waals surface area contributed by atoms with Crippen molar-refractivity contribution in [3.05, 3.63) is 115 Å². The molecule has 0 aliphatic heterocycles. The van der Waals surface area contributed by atoms with Crippen molar-refractivity contribution in [1.82, 2.24) is 0 Å². The highest BCUT2D eigenvalue weighted by Crippen LogP contribution is 2.39. The van der Waals surface area contributed by atoms with Crippen LogP contribution in [-0.4, -0.2) is 125 Å². The number of rotatable bonds is 18. The van der Waals surface area contributed by atoms with E-state index in [1.807, 2.05) is 0 Å². The second-order valence-corrected chi connectivity index (χ2v) is 15.1. The minimum atomic E-state index is -5.64. The van der Waals surface area contributed by atoms with E-state index in [0.29, 0.717) is 39.9 Å². The first kappa shape index (κ1) is 50.7. The van der Waals surface area contributed by atoms with Crippen LogP contribution < -0.4 is 19.7 Å². The molecule has 1 atom stereocenters. The number of hydrogen-bond donors (Lipinski definition) is 1. The SMILES string of the molecule is [B]Cc1cc([B])c(C[B])c(C(=O)Oc2cc(OC(=O)c3cc(C[B])cc(C[B])c3C[B])c(C(=O)OC(CS(=O)(=O)O)C(F)(F)F)c(OC(=O)c3cc(C[B])cc(C[B])c3C[B])c2)c1. The number of esters is 4. The molecule has 304 valence electrons. The van der Waals surface area contributed by atoms with Crippen molar-refractivity contribution in [3.63, 3.8) is 0 Å². The van der Waals surface area contributed by atoms with Crippen LogP contribution >= 0.6 is 0 Å². The number of carbonyl (C=O) groups is 4. The van der Waals surface area contributed by atoms with Crippen LogP contribution in [0.5, 0.6) is 17.2 Å². The van der Waals surface area contributed by atoms with E-state index in [2.05, 4.69) is 4.74 Å². The highest BCUT2D eigenvalue weighted by Gasteiger charge is 2.46. The topological polar surface area (TPSA) is 160 Å². The summed E-state index contributed by atoms with van der Waals surface area (Å²) in [5.74, 6) is -11.0. The first-order valence-corrected chi connectivity index (χ1v) is 20.2. The summed E-state index contributed by atoms with van der Waals surface area (Å²) in [6.45, 7) is 0. The van der Waals surface area contributed by atoms with Gasteiger partial charge in [-0.15, -0.1) is 0 Å². The van der Waals surface area contributed by atoms with E-state index in [-0.39, 0.29) is 89.4 Å². The molecule has 1 unspecified atom stereocenters. The standard InChI is InChI=1S/C39H28B9F3O11S/c40-9-18-1-21(12-43)27(14-45)24(3-18)36(53)60-31-7-23(59-35(52)26-5-20(11-42)6-30(48)29(26)16-47)8-32(34(31)38(55)62-33(39(49,50)51)17-63(56,57)58)61-37(54)25-4-19(10-41)2-22(13-44)28(25)15-46/h1-8,33H,9-17H2,(H,56,57,58). The van der Waals surface area contributed by atoms with Crippen LogP contribution in [0.15, 0.2) is 48.5 Å². The zero-order chi connectivity index (χ0) is 47.0. The minimum absolute atomic E-state index is 0.0541. The van der Waals surface area contributed by atoms with Crippen LogP contribution in [0.2, 0.25) is 0 Å². The Labute approximate surface area is 374 Å². The van der Waals surface area contributed by atoms with Gasteiger partial charge in [0, 0.05) is 12.1 Å². The molecule has 0 aromatic heterocycles. The minimum Gasteiger partial charge on any atom is -0.448 e. The third-order valence-electron chi connectivity index (χ3n) is 9.40. The summed E-state index contributed by atoms with van der Waals surface area (Å²) in [7, 11) is 47.6. The first-order chi connectivity index (χ1) is 29.7. The zero-order valence-corrected chi connectivity index (χ0v) is 34.1. The molecule has 0 aliphatic rings. The number of benzene rings is 4. The zero-order valence-electron chi connectivity index (χ0n) is 33.3. The van der Waals surface area contributed by atoms with Gasteiger partial charge in [-0.25, -0.2) is 19.2 Å². The number of halogens is 3. The fourth-order valence-corrected chi connectivity index (χ4v) is 7.00. The van der Waals surface area contributed by atoms with Gasteiger partial charge in [-0.2, -0.15) is 21.6 Å². The molecule has 4 aromatic carbocycles. The summed E-state index contributed by atoms with van der Waals surface area (Å²) < 4.78 is 96.6. The van der Waals surface area contributed by atoms with Crippen molar-refractivity contribution in [3.8, 4) is 17.2 Å². The Morgan fingerprint density at radius 1 is 0.556 bits per heavy atom. The summed E-state index contributed by atoms with van der Waals surface area (Å²) in [6.07, 6.45) is -10.8. The van der Waals surface area contributed by atoms with Gasteiger partial charge < -0.3 is 18.9 Å². The molecule has 0 heterocycles. The van der Waals surface area contributed by atoms with Gasteiger partial charge in [-0.1, -0.05) is 102 Å². The van der Waals surface area contributed by atoms with Crippen molar-refractivity contribution < 1.29 is 64.3 Å². The maximum Gasteiger partial charge on any atom is 0.426 e. The van der Waals surface area contributed by atoms with E-state index in [0.717, 1.165) is 0 Å². The average Bonchev–Trinajstić information content (AvgIpc) is 3.23. The molecule has 63 heavy (non-hydrogen) atoms. The Morgan fingerprint density at radius 3 is 1.32 bits per heavy atom. The van der Waals surface area contributed by atoms with Crippen LogP contribution in [0.25, 0.3) is 0 Å². The van der Waals surface area contributed by atoms with Gasteiger partial charge in [-0.05, 0) is 34.9 Å².